The topological polar surface area (TPSA) is 66.4 Å². The number of benzene rings is 1. The van der Waals surface area contributed by atoms with Crippen molar-refractivity contribution in [3.05, 3.63) is 27.2 Å². The molecule has 0 aliphatic carbocycles. The van der Waals surface area contributed by atoms with Gasteiger partial charge in [-0.05, 0) is 31.0 Å². The normalized spacial score (nSPS) is 13.8. The fraction of sp³-hybridized carbons (Fsp3) is 0.455. The minimum absolute atomic E-state index is 0.0362. The average Bonchev–Trinajstić information content (AvgIpc) is 2.33. The van der Waals surface area contributed by atoms with E-state index in [4.69, 9.17) is 28.3 Å². The van der Waals surface area contributed by atoms with Gasteiger partial charge >= 0.3 is 0 Å². The zero-order valence-electron chi connectivity index (χ0n) is 10.6. The van der Waals surface area contributed by atoms with Crippen molar-refractivity contribution in [1.82, 2.24) is 4.72 Å². The van der Waals surface area contributed by atoms with Crippen LogP contribution >= 0.6 is 23.2 Å². The summed E-state index contributed by atoms with van der Waals surface area (Å²) in [6.45, 7) is 2.20. The number of rotatable bonds is 5. The lowest BCUT2D eigenvalue weighted by atomic mass is 10.2. The van der Waals surface area contributed by atoms with E-state index in [2.05, 4.69) is 0 Å². The first-order valence-electron chi connectivity index (χ1n) is 5.49. The number of aryl methyl sites for hydroxylation is 1. The Kier molecular flexibility index (Phi) is 5.74. The molecule has 1 unspecified atom stereocenters. The van der Waals surface area contributed by atoms with Gasteiger partial charge in [-0.3, -0.25) is 0 Å². The molecular formula is C11H13Cl2F2NO3S. The van der Waals surface area contributed by atoms with Crippen LogP contribution in [0.5, 0.6) is 0 Å². The molecule has 0 saturated carbocycles. The van der Waals surface area contributed by atoms with Crippen molar-refractivity contribution in [2.45, 2.75) is 31.3 Å². The summed E-state index contributed by atoms with van der Waals surface area (Å²) < 4.78 is 50.4. The van der Waals surface area contributed by atoms with E-state index >= 15 is 0 Å². The van der Waals surface area contributed by atoms with Crippen molar-refractivity contribution >= 4 is 33.2 Å². The van der Waals surface area contributed by atoms with E-state index in [9.17, 15) is 17.2 Å². The highest BCUT2D eigenvalue weighted by Gasteiger charge is 2.26. The van der Waals surface area contributed by atoms with Gasteiger partial charge in [0.05, 0.1) is 5.02 Å². The van der Waals surface area contributed by atoms with Gasteiger partial charge in [-0.25, -0.2) is 21.9 Å². The molecule has 1 aromatic rings. The van der Waals surface area contributed by atoms with E-state index in [1.807, 2.05) is 4.72 Å². The third-order valence-electron chi connectivity index (χ3n) is 2.63. The Balaban J connectivity index is 3.17. The molecule has 0 aromatic heterocycles. The standard InChI is InChI=1S/C11H13Cl2F2NO3S/c1-5-3-7(12)6(2)10(9(5)13)20(18,19)16-4-8(17)11(14)15/h3,8,11,16-17H,4H2,1-2H3. The van der Waals surface area contributed by atoms with Crippen molar-refractivity contribution < 1.29 is 22.3 Å². The van der Waals surface area contributed by atoms with Gasteiger partial charge < -0.3 is 5.11 Å². The lowest BCUT2D eigenvalue weighted by Gasteiger charge is -2.15. The number of alkyl halides is 2. The average molecular weight is 348 g/mol. The summed E-state index contributed by atoms with van der Waals surface area (Å²) >= 11 is 11.8. The van der Waals surface area contributed by atoms with Crippen LogP contribution in [0.3, 0.4) is 0 Å². The summed E-state index contributed by atoms with van der Waals surface area (Å²) in [6, 6.07) is 1.51. The van der Waals surface area contributed by atoms with Crippen LogP contribution in [0.25, 0.3) is 0 Å². The van der Waals surface area contributed by atoms with Gasteiger partial charge in [-0.2, -0.15) is 0 Å². The van der Waals surface area contributed by atoms with Crippen molar-refractivity contribution in [2.75, 3.05) is 6.54 Å². The van der Waals surface area contributed by atoms with Crippen molar-refractivity contribution in [2.24, 2.45) is 0 Å². The van der Waals surface area contributed by atoms with Gasteiger partial charge in [0.25, 0.3) is 6.43 Å². The largest absolute Gasteiger partial charge is 0.386 e. The Morgan fingerprint density at radius 3 is 2.40 bits per heavy atom. The molecule has 0 saturated heterocycles. The van der Waals surface area contributed by atoms with E-state index < -0.39 is 29.1 Å². The number of hydrogen-bond acceptors (Lipinski definition) is 3. The zero-order chi connectivity index (χ0) is 15.7. The summed E-state index contributed by atoms with van der Waals surface area (Å²) in [5.41, 5.74) is 0.651. The van der Waals surface area contributed by atoms with Gasteiger partial charge in [0.1, 0.15) is 11.0 Å². The molecule has 0 heterocycles. The number of sulfonamides is 1. The number of nitrogens with one attached hydrogen (secondary N) is 1. The van der Waals surface area contributed by atoms with E-state index in [1.54, 1.807) is 6.92 Å². The molecule has 4 nitrogen and oxygen atoms in total. The maximum atomic E-state index is 12.2. The molecule has 0 aliphatic rings. The molecule has 0 spiro atoms. The lowest BCUT2D eigenvalue weighted by molar-refractivity contribution is -0.000452. The Hall–Kier alpha value is -0.470. The lowest BCUT2D eigenvalue weighted by Crippen LogP contribution is -2.36. The van der Waals surface area contributed by atoms with Gasteiger partial charge in [-0.1, -0.05) is 23.2 Å². The van der Waals surface area contributed by atoms with Crippen LogP contribution in [0.1, 0.15) is 11.1 Å². The van der Waals surface area contributed by atoms with Crippen LogP contribution in [-0.4, -0.2) is 32.6 Å². The van der Waals surface area contributed by atoms with Crippen LogP contribution in [0.15, 0.2) is 11.0 Å². The highest BCUT2D eigenvalue weighted by Crippen LogP contribution is 2.33. The van der Waals surface area contributed by atoms with Crippen LogP contribution in [0, 0.1) is 13.8 Å². The second-order valence-electron chi connectivity index (χ2n) is 4.20. The molecule has 1 aromatic carbocycles. The quantitative estimate of drug-likeness (QED) is 0.859. The summed E-state index contributed by atoms with van der Waals surface area (Å²) in [5, 5.41) is 9.11. The van der Waals surface area contributed by atoms with Gasteiger partial charge in [0.2, 0.25) is 10.0 Å². The number of aliphatic hydroxyl groups excluding tert-OH is 1. The molecule has 9 heteroatoms. The van der Waals surface area contributed by atoms with Gasteiger partial charge in [-0.15, -0.1) is 0 Å². The summed E-state index contributed by atoms with van der Waals surface area (Å²) in [4.78, 5) is -0.273. The van der Waals surface area contributed by atoms with Crippen LogP contribution in [0.2, 0.25) is 10.0 Å². The second-order valence-corrected chi connectivity index (χ2v) is 6.69. The molecule has 0 aliphatic heterocycles. The van der Waals surface area contributed by atoms with E-state index in [0.717, 1.165) is 0 Å². The maximum Gasteiger partial charge on any atom is 0.265 e. The van der Waals surface area contributed by atoms with Crippen molar-refractivity contribution in [3.63, 3.8) is 0 Å². The van der Waals surface area contributed by atoms with Crippen LogP contribution < -0.4 is 4.72 Å². The van der Waals surface area contributed by atoms with E-state index in [-0.39, 0.29) is 20.5 Å². The smallest absolute Gasteiger partial charge is 0.265 e. The maximum absolute atomic E-state index is 12.2. The van der Waals surface area contributed by atoms with Crippen LogP contribution in [-0.2, 0) is 10.0 Å². The first-order chi connectivity index (χ1) is 9.08. The van der Waals surface area contributed by atoms with E-state index in [1.165, 1.54) is 13.0 Å². The minimum Gasteiger partial charge on any atom is -0.386 e. The Morgan fingerprint density at radius 2 is 1.90 bits per heavy atom. The second kappa shape index (κ2) is 6.53. The summed E-state index contributed by atoms with van der Waals surface area (Å²) in [6.07, 6.45) is -5.14. The Labute approximate surface area is 125 Å². The van der Waals surface area contributed by atoms with Gasteiger partial charge in [0, 0.05) is 11.6 Å². The number of halogens is 4. The minimum atomic E-state index is -4.15. The molecule has 1 atom stereocenters. The Morgan fingerprint density at radius 1 is 1.35 bits per heavy atom. The first kappa shape index (κ1) is 17.6. The number of hydrogen-bond donors (Lipinski definition) is 2. The predicted octanol–water partition coefficient (Wildman–Crippen LogP) is 2.51. The molecule has 2 N–H and O–H groups in total. The molecule has 0 fully saturated rings. The molecular weight excluding hydrogens is 335 g/mol. The van der Waals surface area contributed by atoms with E-state index in [0.29, 0.717) is 5.56 Å². The molecule has 0 amide bonds. The molecule has 20 heavy (non-hydrogen) atoms. The number of aliphatic hydroxyl groups is 1. The monoisotopic (exact) mass is 347 g/mol. The first-order valence-corrected chi connectivity index (χ1v) is 7.73. The zero-order valence-corrected chi connectivity index (χ0v) is 13.0. The molecule has 0 bridgehead atoms. The molecule has 0 radical (unpaired) electrons. The SMILES string of the molecule is Cc1cc(Cl)c(C)c(S(=O)(=O)NCC(O)C(F)F)c1Cl. The molecule has 114 valence electrons. The Bertz CT molecular complexity index is 582. The third kappa shape index (κ3) is 3.79. The fourth-order valence-corrected chi connectivity index (χ4v) is 3.75. The van der Waals surface area contributed by atoms with Crippen molar-refractivity contribution in [1.29, 1.82) is 0 Å². The predicted molar refractivity (Wildman–Crippen MR) is 73.1 cm³/mol. The third-order valence-corrected chi connectivity index (χ3v) is 5.22. The summed E-state index contributed by atoms with van der Waals surface area (Å²) in [7, 11) is -4.15. The van der Waals surface area contributed by atoms with Crippen LogP contribution in [0.4, 0.5) is 8.78 Å². The summed E-state index contributed by atoms with van der Waals surface area (Å²) in [5.74, 6) is 0. The highest BCUT2D eigenvalue weighted by atomic mass is 35.5. The highest BCUT2D eigenvalue weighted by molar-refractivity contribution is 7.89. The molecule has 1 rings (SSSR count). The van der Waals surface area contributed by atoms with Gasteiger partial charge in [0.15, 0.2) is 0 Å². The fourth-order valence-electron chi connectivity index (χ4n) is 1.49. The van der Waals surface area contributed by atoms with Crippen molar-refractivity contribution in [3.8, 4) is 0 Å².